The Kier molecular flexibility index (Phi) is 5.90. The molecular weight excluding hydrogens is 244 g/mol. The van der Waals surface area contributed by atoms with Crippen LogP contribution in [0.25, 0.3) is 0 Å². The fourth-order valence-corrected chi connectivity index (χ4v) is 3.28. The van der Waals surface area contributed by atoms with Crippen molar-refractivity contribution in [3.63, 3.8) is 0 Å². The van der Waals surface area contributed by atoms with Crippen LogP contribution in [0.5, 0.6) is 0 Å². The van der Waals surface area contributed by atoms with Gasteiger partial charge in [-0.15, -0.1) is 0 Å². The number of hydrogen-bond acceptors (Lipinski definition) is 2. The van der Waals surface area contributed by atoms with Gasteiger partial charge in [0.15, 0.2) is 0 Å². The van der Waals surface area contributed by atoms with Crippen LogP contribution in [0.4, 0.5) is 5.69 Å². The van der Waals surface area contributed by atoms with Crippen molar-refractivity contribution < 1.29 is 0 Å². The van der Waals surface area contributed by atoms with Crippen LogP contribution >= 0.6 is 0 Å². The first-order chi connectivity index (χ1) is 9.75. The first-order valence-corrected chi connectivity index (χ1v) is 8.32. The van der Waals surface area contributed by atoms with E-state index in [1.165, 1.54) is 36.9 Å². The fourth-order valence-electron chi connectivity index (χ4n) is 3.28. The second kappa shape index (κ2) is 7.68. The lowest BCUT2D eigenvalue weighted by molar-refractivity contribution is 0.296. The average molecular weight is 274 g/mol. The molecule has 2 unspecified atom stereocenters. The van der Waals surface area contributed by atoms with Gasteiger partial charge in [0.1, 0.15) is 0 Å². The van der Waals surface area contributed by atoms with Crippen LogP contribution in [0.3, 0.4) is 0 Å². The van der Waals surface area contributed by atoms with Crippen molar-refractivity contribution in [1.82, 2.24) is 4.90 Å². The highest BCUT2D eigenvalue weighted by molar-refractivity contribution is 5.46. The molecular formula is C18H30N2. The van der Waals surface area contributed by atoms with Crippen LogP contribution in [0.15, 0.2) is 24.3 Å². The van der Waals surface area contributed by atoms with Gasteiger partial charge < -0.3 is 5.32 Å². The molecule has 0 bridgehead atoms. The first kappa shape index (κ1) is 15.4. The number of nitrogens with one attached hydrogen (secondary N) is 1. The van der Waals surface area contributed by atoms with Gasteiger partial charge in [0.05, 0.1) is 0 Å². The van der Waals surface area contributed by atoms with Crippen molar-refractivity contribution in [2.75, 3.05) is 18.4 Å². The smallest absolute Gasteiger partial charge is 0.0345 e. The lowest BCUT2D eigenvalue weighted by Gasteiger charge is -2.19. The standard InChI is InChI=1S/C18H30N2/c1-4-15-10-11-18(12-15)19-17-9-7-8-16(13-17)14-20(5-2)6-3/h7-9,13,15,18-19H,4-6,10-12,14H2,1-3H3. The topological polar surface area (TPSA) is 15.3 Å². The zero-order chi connectivity index (χ0) is 14.4. The molecule has 1 aromatic rings. The molecule has 2 nitrogen and oxygen atoms in total. The highest BCUT2D eigenvalue weighted by Gasteiger charge is 2.22. The third-order valence-corrected chi connectivity index (χ3v) is 4.72. The van der Waals surface area contributed by atoms with Gasteiger partial charge in [0, 0.05) is 18.3 Å². The first-order valence-electron chi connectivity index (χ1n) is 8.32. The van der Waals surface area contributed by atoms with Gasteiger partial charge in [-0.1, -0.05) is 39.3 Å². The summed E-state index contributed by atoms with van der Waals surface area (Å²) in [7, 11) is 0. The van der Waals surface area contributed by atoms with Crippen LogP contribution in [-0.2, 0) is 6.54 Å². The van der Waals surface area contributed by atoms with Gasteiger partial charge in [-0.05, 0) is 56.0 Å². The second-order valence-electron chi connectivity index (χ2n) is 6.09. The van der Waals surface area contributed by atoms with E-state index in [0.717, 1.165) is 25.6 Å². The highest BCUT2D eigenvalue weighted by Crippen LogP contribution is 2.30. The number of anilines is 1. The maximum Gasteiger partial charge on any atom is 0.0345 e. The van der Waals surface area contributed by atoms with E-state index in [-0.39, 0.29) is 0 Å². The Morgan fingerprint density at radius 3 is 2.60 bits per heavy atom. The summed E-state index contributed by atoms with van der Waals surface area (Å²) < 4.78 is 0. The van der Waals surface area contributed by atoms with Gasteiger partial charge in [0.2, 0.25) is 0 Å². The van der Waals surface area contributed by atoms with Crippen molar-refractivity contribution in [2.45, 2.75) is 59.0 Å². The fraction of sp³-hybridized carbons (Fsp3) is 0.667. The molecule has 0 spiro atoms. The maximum absolute atomic E-state index is 3.74. The largest absolute Gasteiger partial charge is 0.382 e. The minimum atomic E-state index is 0.684. The minimum Gasteiger partial charge on any atom is -0.382 e. The lowest BCUT2D eigenvalue weighted by atomic mass is 10.1. The highest BCUT2D eigenvalue weighted by atomic mass is 15.1. The van der Waals surface area contributed by atoms with E-state index < -0.39 is 0 Å². The molecule has 2 heteroatoms. The van der Waals surface area contributed by atoms with Gasteiger partial charge >= 0.3 is 0 Å². The van der Waals surface area contributed by atoms with Crippen LogP contribution < -0.4 is 5.32 Å². The Labute approximate surface area is 124 Å². The van der Waals surface area contributed by atoms with E-state index in [2.05, 4.69) is 55.3 Å². The summed E-state index contributed by atoms with van der Waals surface area (Å²) >= 11 is 0. The van der Waals surface area contributed by atoms with Gasteiger partial charge in [-0.3, -0.25) is 4.90 Å². The summed E-state index contributed by atoms with van der Waals surface area (Å²) in [5, 5.41) is 3.74. The Morgan fingerprint density at radius 2 is 1.95 bits per heavy atom. The SMILES string of the molecule is CCC1CCC(Nc2cccc(CN(CC)CC)c2)C1. The summed E-state index contributed by atoms with van der Waals surface area (Å²) in [6, 6.07) is 9.66. The molecule has 112 valence electrons. The third kappa shape index (κ3) is 4.24. The predicted molar refractivity (Wildman–Crippen MR) is 88.1 cm³/mol. The second-order valence-corrected chi connectivity index (χ2v) is 6.09. The zero-order valence-electron chi connectivity index (χ0n) is 13.4. The molecule has 0 saturated heterocycles. The number of hydrogen-bond donors (Lipinski definition) is 1. The van der Waals surface area contributed by atoms with Gasteiger partial charge in [-0.2, -0.15) is 0 Å². The summed E-state index contributed by atoms with van der Waals surface area (Å²) in [5.41, 5.74) is 2.72. The molecule has 2 rings (SSSR count). The van der Waals surface area contributed by atoms with Gasteiger partial charge in [-0.25, -0.2) is 0 Å². The zero-order valence-corrected chi connectivity index (χ0v) is 13.4. The predicted octanol–water partition coefficient (Wildman–Crippen LogP) is 4.52. The Balaban J connectivity index is 1.92. The molecule has 0 heterocycles. The van der Waals surface area contributed by atoms with Crippen LogP contribution in [-0.4, -0.2) is 24.0 Å². The average Bonchev–Trinajstić information content (AvgIpc) is 2.93. The summed E-state index contributed by atoms with van der Waals surface area (Å²) in [6.07, 6.45) is 5.41. The Bertz CT molecular complexity index is 398. The monoisotopic (exact) mass is 274 g/mol. The Hall–Kier alpha value is -1.02. The molecule has 0 amide bonds. The van der Waals surface area contributed by atoms with E-state index in [1.807, 2.05) is 0 Å². The van der Waals surface area contributed by atoms with Gasteiger partial charge in [0.25, 0.3) is 0 Å². The van der Waals surface area contributed by atoms with Crippen molar-refractivity contribution in [1.29, 1.82) is 0 Å². The molecule has 0 aromatic heterocycles. The van der Waals surface area contributed by atoms with E-state index in [1.54, 1.807) is 0 Å². The molecule has 1 saturated carbocycles. The normalized spacial score (nSPS) is 22.4. The minimum absolute atomic E-state index is 0.684. The quantitative estimate of drug-likeness (QED) is 0.786. The number of nitrogens with zero attached hydrogens (tertiary/aromatic N) is 1. The van der Waals surface area contributed by atoms with E-state index >= 15 is 0 Å². The molecule has 1 aliphatic rings. The van der Waals surface area contributed by atoms with Crippen LogP contribution in [0.1, 0.15) is 52.0 Å². The van der Waals surface area contributed by atoms with Crippen molar-refractivity contribution in [3.05, 3.63) is 29.8 Å². The number of rotatable bonds is 7. The van der Waals surface area contributed by atoms with E-state index in [0.29, 0.717) is 6.04 Å². The third-order valence-electron chi connectivity index (χ3n) is 4.72. The molecule has 20 heavy (non-hydrogen) atoms. The molecule has 0 radical (unpaired) electrons. The maximum atomic E-state index is 3.74. The van der Waals surface area contributed by atoms with Crippen LogP contribution in [0, 0.1) is 5.92 Å². The van der Waals surface area contributed by atoms with Crippen molar-refractivity contribution >= 4 is 5.69 Å². The summed E-state index contributed by atoms with van der Waals surface area (Å²) in [4.78, 5) is 2.46. The molecule has 1 aliphatic carbocycles. The molecule has 1 aromatic carbocycles. The lowest BCUT2D eigenvalue weighted by Crippen LogP contribution is -2.22. The number of benzene rings is 1. The van der Waals surface area contributed by atoms with Crippen molar-refractivity contribution in [3.8, 4) is 0 Å². The molecule has 1 N–H and O–H groups in total. The summed E-state index contributed by atoms with van der Waals surface area (Å²) in [6.45, 7) is 10.1. The summed E-state index contributed by atoms with van der Waals surface area (Å²) in [5.74, 6) is 0.936. The van der Waals surface area contributed by atoms with E-state index in [4.69, 9.17) is 0 Å². The van der Waals surface area contributed by atoms with Crippen molar-refractivity contribution in [2.24, 2.45) is 5.92 Å². The molecule has 0 aliphatic heterocycles. The molecule has 1 fully saturated rings. The van der Waals surface area contributed by atoms with E-state index in [9.17, 15) is 0 Å². The Morgan fingerprint density at radius 1 is 1.15 bits per heavy atom. The van der Waals surface area contributed by atoms with Crippen LogP contribution in [0.2, 0.25) is 0 Å². The molecule has 2 atom stereocenters.